The zero-order valence-corrected chi connectivity index (χ0v) is 20.0. The summed E-state index contributed by atoms with van der Waals surface area (Å²) in [6.45, 7) is 9.02. The van der Waals surface area contributed by atoms with E-state index in [0.717, 1.165) is 42.5 Å². The minimum absolute atomic E-state index is 0.338. The van der Waals surface area contributed by atoms with Gasteiger partial charge in [0.25, 0.3) is 0 Å². The van der Waals surface area contributed by atoms with Crippen LogP contribution in [0.15, 0.2) is 47.9 Å². The van der Waals surface area contributed by atoms with Crippen molar-refractivity contribution in [2.24, 2.45) is 0 Å². The monoisotopic (exact) mass is 452 g/mol. The van der Waals surface area contributed by atoms with Gasteiger partial charge in [-0.1, -0.05) is 12.6 Å². The maximum absolute atomic E-state index is 12.7. The molecule has 1 aliphatic rings. The summed E-state index contributed by atoms with van der Waals surface area (Å²) in [5.41, 5.74) is 6.93. The first kappa shape index (κ1) is 22.6. The number of aryl methyl sites for hydroxylation is 4. The first-order valence-corrected chi connectivity index (χ1v) is 12.7. The van der Waals surface area contributed by atoms with E-state index < -0.39 is 10.0 Å². The summed E-state index contributed by atoms with van der Waals surface area (Å²) in [6, 6.07) is 11.8. The second kappa shape index (κ2) is 9.12. The van der Waals surface area contributed by atoms with Crippen LogP contribution in [0.4, 0.5) is 0 Å². The highest BCUT2D eigenvalue weighted by atomic mass is 32.2. The van der Waals surface area contributed by atoms with Gasteiger partial charge < -0.3 is 9.30 Å². The van der Waals surface area contributed by atoms with E-state index >= 15 is 0 Å². The molecule has 0 bridgehead atoms. The molecule has 0 amide bonds. The predicted molar refractivity (Wildman–Crippen MR) is 130 cm³/mol. The highest BCUT2D eigenvalue weighted by Crippen LogP contribution is 2.34. The molecule has 0 radical (unpaired) electrons. The van der Waals surface area contributed by atoms with Crippen LogP contribution < -0.4 is 4.72 Å². The summed E-state index contributed by atoms with van der Waals surface area (Å²) >= 11 is 0. The second-order valence-corrected chi connectivity index (χ2v) is 10.5. The molecule has 170 valence electrons. The summed E-state index contributed by atoms with van der Waals surface area (Å²) < 4.78 is 36.0. The van der Waals surface area contributed by atoms with Gasteiger partial charge in [-0.2, -0.15) is 0 Å². The van der Waals surface area contributed by atoms with E-state index in [2.05, 4.69) is 34.1 Å². The Morgan fingerprint density at radius 2 is 1.81 bits per heavy atom. The first-order valence-electron chi connectivity index (χ1n) is 11.3. The Morgan fingerprint density at radius 3 is 2.53 bits per heavy atom. The molecule has 1 heterocycles. The Morgan fingerprint density at radius 1 is 1.09 bits per heavy atom. The average Bonchev–Trinajstić information content (AvgIpc) is 3.08. The number of sulfonamides is 1. The van der Waals surface area contributed by atoms with Crippen LogP contribution in [0.3, 0.4) is 0 Å². The van der Waals surface area contributed by atoms with Crippen molar-refractivity contribution in [3.8, 4) is 0 Å². The van der Waals surface area contributed by atoms with Gasteiger partial charge in [-0.3, -0.25) is 0 Å². The maximum atomic E-state index is 12.7. The van der Waals surface area contributed by atoms with Crippen LogP contribution in [-0.2, 0) is 34.1 Å². The number of fused-ring (bicyclic) bond motifs is 3. The zero-order chi connectivity index (χ0) is 22.9. The molecule has 1 aliphatic carbocycles. The van der Waals surface area contributed by atoms with Crippen molar-refractivity contribution in [1.29, 1.82) is 0 Å². The van der Waals surface area contributed by atoms with Crippen molar-refractivity contribution in [2.45, 2.75) is 57.4 Å². The van der Waals surface area contributed by atoms with Crippen molar-refractivity contribution in [3.63, 3.8) is 0 Å². The lowest BCUT2D eigenvalue weighted by Gasteiger charge is -2.16. The minimum atomic E-state index is -3.51. The topological polar surface area (TPSA) is 60.3 Å². The van der Waals surface area contributed by atoms with Gasteiger partial charge in [0.05, 0.1) is 12.0 Å². The molecule has 4 rings (SSSR count). The van der Waals surface area contributed by atoms with Crippen molar-refractivity contribution in [3.05, 3.63) is 70.9 Å². The fraction of sp³-hybridized carbons (Fsp3) is 0.385. The van der Waals surface area contributed by atoms with Gasteiger partial charge in [0.2, 0.25) is 10.0 Å². The first-order chi connectivity index (χ1) is 15.3. The maximum Gasteiger partial charge on any atom is 0.240 e. The lowest BCUT2D eigenvalue weighted by atomic mass is 9.95. The summed E-state index contributed by atoms with van der Waals surface area (Å²) in [7, 11) is -1.86. The van der Waals surface area contributed by atoms with Crippen LogP contribution in [0.25, 0.3) is 16.7 Å². The number of ether oxygens (including phenoxy) is 1. The number of methoxy groups -OCH3 is 1. The Labute approximate surface area is 191 Å². The van der Waals surface area contributed by atoms with Crippen LogP contribution >= 0.6 is 0 Å². The van der Waals surface area contributed by atoms with Crippen molar-refractivity contribution in [2.75, 3.05) is 13.7 Å². The third-order valence-electron chi connectivity index (χ3n) is 6.30. The smallest absolute Gasteiger partial charge is 0.240 e. The summed E-state index contributed by atoms with van der Waals surface area (Å²) in [5, 5.41) is 1.27. The van der Waals surface area contributed by atoms with Gasteiger partial charge in [0.1, 0.15) is 5.76 Å². The Kier molecular flexibility index (Phi) is 6.45. The van der Waals surface area contributed by atoms with E-state index in [0.29, 0.717) is 17.2 Å². The Balaban J connectivity index is 1.52. The lowest BCUT2D eigenvalue weighted by molar-refractivity contribution is 0.371. The van der Waals surface area contributed by atoms with Gasteiger partial charge in [-0.15, -0.1) is 0 Å². The molecule has 2 aromatic carbocycles. The Bertz CT molecular complexity index is 1250. The molecule has 32 heavy (non-hydrogen) atoms. The molecule has 6 heteroatoms. The normalized spacial score (nSPS) is 13.8. The summed E-state index contributed by atoms with van der Waals surface area (Å²) in [4.78, 5) is 0.338. The van der Waals surface area contributed by atoms with Crippen molar-refractivity contribution in [1.82, 2.24) is 9.29 Å². The van der Waals surface area contributed by atoms with E-state index in [1.165, 1.54) is 35.0 Å². The fourth-order valence-electron chi connectivity index (χ4n) is 4.80. The number of benzene rings is 2. The molecule has 1 N–H and O–H groups in total. The molecule has 3 aromatic rings. The highest BCUT2D eigenvalue weighted by Gasteiger charge is 2.21. The van der Waals surface area contributed by atoms with E-state index in [9.17, 15) is 8.42 Å². The quantitative estimate of drug-likeness (QED) is 0.381. The van der Waals surface area contributed by atoms with Gasteiger partial charge >= 0.3 is 0 Å². The van der Waals surface area contributed by atoms with E-state index in [1.807, 2.05) is 19.9 Å². The number of hydrogen-bond acceptors (Lipinski definition) is 3. The van der Waals surface area contributed by atoms with Gasteiger partial charge in [-0.25, -0.2) is 13.1 Å². The number of hydrogen-bond donors (Lipinski definition) is 1. The molecular formula is C26H32N2O3S. The van der Waals surface area contributed by atoms with Crippen LogP contribution in [0.1, 0.15) is 47.2 Å². The number of nitrogens with zero attached hydrogens (tertiary/aromatic N) is 1. The third-order valence-corrected chi connectivity index (χ3v) is 7.74. The predicted octanol–water partition coefficient (Wildman–Crippen LogP) is 5.12. The average molecular weight is 453 g/mol. The van der Waals surface area contributed by atoms with Crippen LogP contribution in [0.5, 0.6) is 0 Å². The SMILES string of the molecule is C=C(OC)c1ccc2c(c1)c1c(n2CCCNS(=O)(=O)c2cc(C)cc(C)c2)CCCC1. The number of aromatic nitrogens is 1. The van der Waals surface area contributed by atoms with Crippen LogP contribution in [0, 0.1) is 13.8 Å². The Hall–Kier alpha value is -2.57. The molecule has 5 nitrogen and oxygen atoms in total. The van der Waals surface area contributed by atoms with E-state index in [4.69, 9.17) is 4.74 Å². The van der Waals surface area contributed by atoms with Crippen LogP contribution in [-0.4, -0.2) is 26.6 Å². The summed E-state index contributed by atoms with van der Waals surface area (Å²) in [6.07, 6.45) is 5.28. The van der Waals surface area contributed by atoms with Crippen molar-refractivity contribution >= 4 is 26.7 Å². The zero-order valence-electron chi connectivity index (χ0n) is 19.2. The molecule has 0 unspecified atom stereocenters. The lowest BCUT2D eigenvalue weighted by Crippen LogP contribution is -2.26. The standard InChI is InChI=1S/C26H32N2O3S/c1-18-14-19(2)16-22(15-18)32(29,30)27-12-7-13-28-25-9-6-5-8-23(25)24-17-21(20(3)31-4)10-11-26(24)28/h10-11,14-17,27H,3,5-9,12-13H2,1-2,4H3. The molecule has 0 atom stereocenters. The van der Waals surface area contributed by atoms with Gasteiger partial charge in [-0.05, 0) is 93.0 Å². The third kappa shape index (κ3) is 4.48. The largest absolute Gasteiger partial charge is 0.497 e. The molecule has 0 spiro atoms. The molecule has 0 saturated carbocycles. The minimum Gasteiger partial charge on any atom is -0.497 e. The van der Waals surface area contributed by atoms with Crippen molar-refractivity contribution < 1.29 is 13.2 Å². The van der Waals surface area contributed by atoms with E-state index in [-0.39, 0.29) is 0 Å². The van der Waals surface area contributed by atoms with Gasteiger partial charge in [0, 0.05) is 35.2 Å². The highest BCUT2D eigenvalue weighted by molar-refractivity contribution is 7.89. The molecular weight excluding hydrogens is 420 g/mol. The molecule has 0 saturated heterocycles. The van der Waals surface area contributed by atoms with Gasteiger partial charge in [0.15, 0.2) is 0 Å². The molecule has 0 aliphatic heterocycles. The molecule has 1 aromatic heterocycles. The molecule has 0 fully saturated rings. The summed E-state index contributed by atoms with van der Waals surface area (Å²) in [5.74, 6) is 0.671. The fourth-order valence-corrected chi connectivity index (χ4v) is 6.06. The second-order valence-electron chi connectivity index (χ2n) is 8.72. The number of nitrogens with one attached hydrogen (secondary N) is 1. The van der Waals surface area contributed by atoms with Crippen LogP contribution in [0.2, 0.25) is 0 Å². The van der Waals surface area contributed by atoms with E-state index in [1.54, 1.807) is 19.2 Å². The number of rotatable bonds is 8.